The number of benzene rings is 1. The number of rotatable bonds is 5. The zero-order valence-electron chi connectivity index (χ0n) is 17.5. The monoisotopic (exact) mass is 433 g/mol. The lowest BCUT2D eigenvalue weighted by molar-refractivity contribution is -0.114. The highest BCUT2D eigenvalue weighted by Crippen LogP contribution is 2.41. The Hall–Kier alpha value is -3.44. The van der Waals surface area contributed by atoms with E-state index in [4.69, 9.17) is 4.74 Å². The molecule has 0 radical (unpaired) electrons. The van der Waals surface area contributed by atoms with Gasteiger partial charge < -0.3 is 15.0 Å². The fourth-order valence-corrected chi connectivity index (χ4v) is 5.06. The van der Waals surface area contributed by atoms with Crippen molar-refractivity contribution in [1.82, 2.24) is 9.97 Å². The van der Waals surface area contributed by atoms with Crippen LogP contribution in [0.1, 0.15) is 36.1 Å². The van der Waals surface area contributed by atoms with E-state index in [1.54, 1.807) is 19.5 Å². The summed E-state index contributed by atoms with van der Waals surface area (Å²) in [5.41, 5.74) is 3.40. The highest BCUT2D eigenvalue weighted by molar-refractivity contribution is 7.15. The molecule has 0 saturated carbocycles. The molecule has 8 heteroatoms. The number of aromatic nitrogens is 2. The first-order valence-electron chi connectivity index (χ1n) is 10.1. The maximum Gasteiger partial charge on any atom is 0.223 e. The quantitative estimate of drug-likeness (QED) is 0.640. The predicted molar refractivity (Wildman–Crippen MR) is 122 cm³/mol. The predicted octanol–water partition coefficient (Wildman–Crippen LogP) is 4.43. The zero-order valence-corrected chi connectivity index (χ0v) is 18.3. The van der Waals surface area contributed by atoms with Gasteiger partial charge in [0.2, 0.25) is 5.91 Å². The van der Waals surface area contributed by atoms with Gasteiger partial charge in [0.1, 0.15) is 11.8 Å². The third-order valence-corrected chi connectivity index (χ3v) is 6.54. The average Bonchev–Trinajstić information content (AvgIpc) is 3.26. The number of para-hydroxylation sites is 1. The van der Waals surface area contributed by atoms with Crippen LogP contribution in [0, 0.1) is 11.3 Å². The van der Waals surface area contributed by atoms with Crippen molar-refractivity contribution in [1.29, 1.82) is 5.26 Å². The van der Waals surface area contributed by atoms with Crippen molar-refractivity contribution < 1.29 is 9.53 Å². The van der Waals surface area contributed by atoms with Gasteiger partial charge in [0, 0.05) is 54.6 Å². The van der Waals surface area contributed by atoms with Crippen LogP contribution in [0.5, 0.6) is 5.75 Å². The molecule has 31 heavy (non-hydrogen) atoms. The zero-order chi connectivity index (χ0) is 21.8. The van der Waals surface area contributed by atoms with Crippen LogP contribution in [0.3, 0.4) is 0 Å². The summed E-state index contributed by atoms with van der Waals surface area (Å²) >= 11 is 1.54. The number of pyridine rings is 1. The van der Waals surface area contributed by atoms with Crippen LogP contribution in [-0.2, 0) is 4.79 Å². The summed E-state index contributed by atoms with van der Waals surface area (Å²) in [5, 5.41) is 13.2. The topological polar surface area (TPSA) is 91.1 Å². The molecular formula is C23H23N5O2S. The number of methoxy groups -OCH3 is 1. The minimum Gasteiger partial charge on any atom is -0.496 e. The Labute approximate surface area is 185 Å². The molecule has 1 aromatic carbocycles. The number of carbonyl (C=O) groups is 1. The third-order valence-electron chi connectivity index (χ3n) is 5.47. The van der Waals surface area contributed by atoms with Crippen molar-refractivity contribution in [2.45, 2.75) is 25.7 Å². The van der Waals surface area contributed by atoms with Gasteiger partial charge in [-0.05, 0) is 30.9 Å². The molecule has 0 bridgehead atoms. The van der Waals surface area contributed by atoms with Crippen molar-refractivity contribution in [3.63, 3.8) is 0 Å². The van der Waals surface area contributed by atoms with E-state index in [-0.39, 0.29) is 5.91 Å². The van der Waals surface area contributed by atoms with E-state index in [1.165, 1.54) is 23.1 Å². The lowest BCUT2D eigenvalue weighted by Crippen LogP contribution is -2.33. The standard InChI is InChI=1S/C23H23N5O2S/c1-15(29)27-23-26-14-21(31-23)16-7-10-28(11-8-16)22-17(12-24)4-3-5-18(22)19-13-25-9-6-20(19)30-2/h3-6,9,13-14,16H,7-8,10-11H2,1-2H3,(H,26,27,29). The van der Waals surface area contributed by atoms with Crippen molar-refractivity contribution >= 4 is 28.1 Å². The second-order valence-electron chi connectivity index (χ2n) is 7.40. The number of hydrogen-bond donors (Lipinski definition) is 1. The van der Waals surface area contributed by atoms with Crippen LogP contribution in [-0.4, -0.2) is 36.1 Å². The van der Waals surface area contributed by atoms with E-state index in [9.17, 15) is 10.1 Å². The fourth-order valence-electron chi connectivity index (χ4n) is 4.03. The Morgan fingerprint density at radius 1 is 1.26 bits per heavy atom. The van der Waals surface area contributed by atoms with Gasteiger partial charge in [-0.15, -0.1) is 11.3 Å². The third kappa shape index (κ3) is 4.37. The van der Waals surface area contributed by atoms with Crippen molar-refractivity contribution in [2.24, 2.45) is 0 Å². The number of ether oxygens (including phenoxy) is 1. The number of nitriles is 1. The van der Waals surface area contributed by atoms with E-state index >= 15 is 0 Å². The largest absolute Gasteiger partial charge is 0.496 e. The molecule has 0 aliphatic carbocycles. The molecule has 1 fully saturated rings. The van der Waals surface area contributed by atoms with Crippen LogP contribution in [0.4, 0.5) is 10.8 Å². The summed E-state index contributed by atoms with van der Waals surface area (Å²) < 4.78 is 5.54. The molecule has 3 aromatic rings. The van der Waals surface area contributed by atoms with Gasteiger partial charge in [-0.25, -0.2) is 4.98 Å². The lowest BCUT2D eigenvalue weighted by Gasteiger charge is -2.35. The molecule has 1 aliphatic rings. The molecule has 2 aromatic heterocycles. The summed E-state index contributed by atoms with van der Waals surface area (Å²) in [5.74, 6) is 1.01. The minimum absolute atomic E-state index is 0.109. The Kier molecular flexibility index (Phi) is 6.14. The van der Waals surface area contributed by atoms with E-state index in [0.717, 1.165) is 48.5 Å². The van der Waals surface area contributed by atoms with Gasteiger partial charge in [-0.2, -0.15) is 5.26 Å². The van der Waals surface area contributed by atoms with Crippen LogP contribution in [0.25, 0.3) is 11.1 Å². The number of carbonyl (C=O) groups excluding carboxylic acids is 1. The first kappa shape index (κ1) is 20.8. The maximum absolute atomic E-state index is 11.3. The molecule has 1 N–H and O–H groups in total. The average molecular weight is 434 g/mol. The van der Waals surface area contributed by atoms with Crippen LogP contribution >= 0.6 is 11.3 Å². The summed E-state index contributed by atoms with van der Waals surface area (Å²) in [6.07, 6.45) is 7.25. The highest BCUT2D eigenvalue weighted by Gasteiger charge is 2.26. The molecule has 3 heterocycles. The van der Waals surface area contributed by atoms with E-state index in [2.05, 4.69) is 26.3 Å². The van der Waals surface area contributed by atoms with Crippen LogP contribution in [0.15, 0.2) is 42.9 Å². The van der Waals surface area contributed by atoms with Crippen molar-refractivity contribution in [2.75, 3.05) is 30.4 Å². The Morgan fingerprint density at radius 3 is 2.77 bits per heavy atom. The molecule has 0 atom stereocenters. The molecule has 0 unspecified atom stereocenters. The summed E-state index contributed by atoms with van der Waals surface area (Å²) in [6, 6.07) is 9.96. The second-order valence-corrected chi connectivity index (χ2v) is 8.46. The van der Waals surface area contributed by atoms with Crippen LogP contribution in [0.2, 0.25) is 0 Å². The molecule has 1 amide bonds. The van der Waals surface area contributed by atoms with Gasteiger partial charge in [0.15, 0.2) is 5.13 Å². The van der Waals surface area contributed by atoms with Crippen molar-refractivity contribution in [3.8, 4) is 22.9 Å². The van der Waals surface area contributed by atoms with E-state index in [1.807, 2.05) is 30.5 Å². The molecule has 1 aliphatic heterocycles. The maximum atomic E-state index is 11.3. The SMILES string of the molecule is COc1ccncc1-c1cccc(C#N)c1N1CCC(c2cnc(NC(C)=O)s2)CC1. The smallest absolute Gasteiger partial charge is 0.223 e. The number of thiazole rings is 1. The van der Waals surface area contributed by atoms with Gasteiger partial charge in [-0.1, -0.05) is 12.1 Å². The van der Waals surface area contributed by atoms with Crippen molar-refractivity contribution in [3.05, 3.63) is 53.3 Å². The molecule has 4 rings (SSSR count). The van der Waals surface area contributed by atoms with Gasteiger partial charge >= 0.3 is 0 Å². The molecule has 7 nitrogen and oxygen atoms in total. The minimum atomic E-state index is -0.109. The highest BCUT2D eigenvalue weighted by atomic mass is 32.1. The number of piperidine rings is 1. The normalized spacial score (nSPS) is 14.2. The van der Waals surface area contributed by atoms with Gasteiger partial charge in [0.25, 0.3) is 0 Å². The second kappa shape index (κ2) is 9.14. The molecule has 1 saturated heterocycles. The number of hydrogen-bond acceptors (Lipinski definition) is 7. The lowest BCUT2D eigenvalue weighted by atomic mass is 9.93. The van der Waals surface area contributed by atoms with E-state index in [0.29, 0.717) is 16.6 Å². The Balaban J connectivity index is 1.59. The first-order chi connectivity index (χ1) is 15.1. The first-order valence-corrected chi connectivity index (χ1v) is 10.9. The molecule has 0 spiro atoms. The molecule has 158 valence electrons. The molecular weight excluding hydrogens is 410 g/mol. The Morgan fingerprint density at radius 2 is 2.06 bits per heavy atom. The van der Waals surface area contributed by atoms with Gasteiger partial charge in [0.05, 0.1) is 18.4 Å². The van der Waals surface area contributed by atoms with Gasteiger partial charge in [-0.3, -0.25) is 9.78 Å². The number of amides is 1. The fraction of sp³-hybridized carbons (Fsp3) is 0.304. The number of anilines is 2. The van der Waals surface area contributed by atoms with Crippen LogP contribution < -0.4 is 15.0 Å². The number of nitrogens with one attached hydrogen (secondary N) is 1. The number of nitrogens with zero attached hydrogens (tertiary/aromatic N) is 4. The summed E-state index contributed by atoms with van der Waals surface area (Å²) in [6.45, 7) is 3.14. The van der Waals surface area contributed by atoms with E-state index < -0.39 is 0 Å². The summed E-state index contributed by atoms with van der Waals surface area (Å²) in [4.78, 5) is 23.3. The summed E-state index contributed by atoms with van der Waals surface area (Å²) in [7, 11) is 1.64. The Bertz CT molecular complexity index is 1130.